The quantitative estimate of drug-likeness (QED) is 0.657. The fourth-order valence-electron chi connectivity index (χ4n) is 1.84. The molecule has 0 atom stereocenters. The van der Waals surface area contributed by atoms with Gasteiger partial charge in [0.05, 0.1) is 22.9 Å². The maximum absolute atomic E-state index is 12.6. The lowest BCUT2D eigenvalue weighted by Crippen LogP contribution is -2.08. The van der Waals surface area contributed by atoms with E-state index in [1.165, 1.54) is 0 Å². The average molecular weight is 355 g/mol. The van der Waals surface area contributed by atoms with Crippen molar-refractivity contribution in [2.24, 2.45) is 0 Å². The number of para-hydroxylation sites is 1. The van der Waals surface area contributed by atoms with Crippen LogP contribution in [0.15, 0.2) is 40.9 Å². The predicted molar refractivity (Wildman–Crippen MR) is 84.6 cm³/mol. The van der Waals surface area contributed by atoms with E-state index in [1.54, 1.807) is 30.3 Å². The number of anilines is 1. The molecular formula is C15H13BrClNO2. The predicted octanol–water partition coefficient (Wildman–Crippen LogP) is 4.31. The van der Waals surface area contributed by atoms with Crippen LogP contribution in [0.5, 0.6) is 5.75 Å². The third-order valence-electron chi connectivity index (χ3n) is 2.78. The topological polar surface area (TPSA) is 52.3 Å². The lowest BCUT2D eigenvalue weighted by Gasteiger charge is -2.11. The summed E-state index contributed by atoms with van der Waals surface area (Å²) in [6, 6.07) is 10.3. The Bertz CT molecular complexity index is 658. The second-order valence-corrected chi connectivity index (χ2v) is 5.43. The van der Waals surface area contributed by atoms with Crippen LogP contribution in [-0.4, -0.2) is 12.4 Å². The Morgan fingerprint density at radius 1 is 1.30 bits per heavy atom. The molecule has 0 aliphatic rings. The molecule has 0 saturated heterocycles. The van der Waals surface area contributed by atoms with Gasteiger partial charge in [-0.25, -0.2) is 0 Å². The minimum Gasteiger partial charge on any atom is -0.493 e. The van der Waals surface area contributed by atoms with Crippen molar-refractivity contribution in [3.05, 3.63) is 57.0 Å². The first-order chi connectivity index (χ1) is 9.54. The first-order valence-electron chi connectivity index (χ1n) is 6.05. The van der Waals surface area contributed by atoms with Gasteiger partial charge in [-0.2, -0.15) is 0 Å². The average Bonchev–Trinajstić information content (AvgIpc) is 2.43. The lowest BCUT2D eigenvalue weighted by molar-refractivity contribution is 0.103. The normalized spacial score (nSPS) is 10.3. The van der Waals surface area contributed by atoms with Crippen LogP contribution in [0.4, 0.5) is 5.69 Å². The number of ether oxygens (including phenoxy) is 1. The van der Waals surface area contributed by atoms with E-state index in [-0.39, 0.29) is 11.5 Å². The van der Waals surface area contributed by atoms with Crippen LogP contribution in [0.1, 0.15) is 22.8 Å². The Balaban J connectivity index is 2.52. The van der Waals surface area contributed by atoms with Crippen molar-refractivity contribution in [2.45, 2.75) is 6.92 Å². The Labute approximate surface area is 130 Å². The third-order valence-corrected chi connectivity index (χ3v) is 3.61. The van der Waals surface area contributed by atoms with Gasteiger partial charge in [-0.1, -0.05) is 33.6 Å². The minimum absolute atomic E-state index is 0.213. The van der Waals surface area contributed by atoms with Gasteiger partial charge in [0.15, 0.2) is 5.78 Å². The van der Waals surface area contributed by atoms with E-state index in [9.17, 15) is 4.79 Å². The molecule has 0 spiro atoms. The summed E-state index contributed by atoms with van der Waals surface area (Å²) in [6.45, 7) is 2.34. The fourth-order valence-corrected chi connectivity index (χ4v) is 2.38. The number of benzene rings is 2. The maximum atomic E-state index is 12.6. The monoisotopic (exact) mass is 353 g/mol. The number of hydrogen-bond acceptors (Lipinski definition) is 3. The molecule has 0 bridgehead atoms. The molecule has 0 fully saturated rings. The second kappa shape index (κ2) is 6.29. The maximum Gasteiger partial charge on any atom is 0.198 e. The number of ketones is 1. The van der Waals surface area contributed by atoms with Gasteiger partial charge >= 0.3 is 0 Å². The molecule has 0 radical (unpaired) electrons. The Kier molecular flexibility index (Phi) is 4.68. The van der Waals surface area contributed by atoms with Crippen molar-refractivity contribution in [3.8, 4) is 5.75 Å². The van der Waals surface area contributed by atoms with Crippen LogP contribution >= 0.6 is 27.5 Å². The fraction of sp³-hybridized carbons (Fsp3) is 0.133. The summed E-state index contributed by atoms with van der Waals surface area (Å²) in [5.74, 6) is 0.315. The largest absolute Gasteiger partial charge is 0.493 e. The van der Waals surface area contributed by atoms with Gasteiger partial charge in [0.1, 0.15) is 5.75 Å². The lowest BCUT2D eigenvalue weighted by atomic mass is 10.0. The SMILES string of the molecule is CCOc1ccc(Br)cc1C(=O)c1cccc(Cl)c1N. The molecular weight excluding hydrogens is 342 g/mol. The number of nitrogens with two attached hydrogens (primary N) is 1. The zero-order chi connectivity index (χ0) is 14.7. The number of carbonyl (C=O) groups is 1. The zero-order valence-electron chi connectivity index (χ0n) is 10.8. The molecule has 2 N–H and O–H groups in total. The van der Waals surface area contributed by atoms with Gasteiger partial charge in [-0.15, -0.1) is 0 Å². The third kappa shape index (κ3) is 2.97. The zero-order valence-corrected chi connectivity index (χ0v) is 13.2. The van der Waals surface area contributed by atoms with E-state index >= 15 is 0 Å². The minimum atomic E-state index is -0.213. The summed E-state index contributed by atoms with van der Waals surface area (Å²) in [4.78, 5) is 12.6. The van der Waals surface area contributed by atoms with Crippen LogP contribution in [-0.2, 0) is 0 Å². The molecule has 0 amide bonds. The molecule has 0 aliphatic heterocycles. The molecule has 5 heteroatoms. The van der Waals surface area contributed by atoms with Crippen LogP contribution < -0.4 is 10.5 Å². The van der Waals surface area contributed by atoms with E-state index in [2.05, 4.69) is 15.9 Å². The molecule has 104 valence electrons. The summed E-state index contributed by atoms with van der Waals surface area (Å²) >= 11 is 9.32. The molecule has 0 saturated carbocycles. The molecule has 2 rings (SSSR count). The van der Waals surface area contributed by atoms with E-state index in [0.717, 1.165) is 4.47 Å². The summed E-state index contributed by atoms with van der Waals surface area (Å²) in [5.41, 5.74) is 6.98. The van der Waals surface area contributed by atoms with Gasteiger partial charge in [-0.05, 0) is 37.3 Å². The highest BCUT2D eigenvalue weighted by Crippen LogP contribution is 2.30. The molecule has 0 aromatic heterocycles. The molecule has 0 heterocycles. The van der Waals surface area contributed by atoms with Crippen LogP contribution in [0, 0.1) is 0 Å². The summed E-state index contributed by atoms with van der Waals surface area (Å²) in [5, 5.41) is 0.365. The Morgan fingerprint density at radius 3 is 2.75 bits per heavy atom. The van der Waals surface area contributed by atoms with Crippen molar-refractivity contribution < 1.29 is 9.53 Å². The summed E-state index contributed by atoms with van der Waals surface area (Å²) < 4.78 is 6.29. The first kappa shape index (κ1) is 14.9. The molecule has 2 aromatic carbocycles. The summed E-state index contributed by atoms with van der Waals surface area (Å²) in [7, 11) is 0. The first-order valence-corrected chi connectivity index (χ1v) is 7.22. The molecule has 0 aliphatic carbocycles. The molecule has 3 nitrogen and oxygen atoms in total. The van der Waals surface area contributed by atoms with Gasteiger partial charge in [0.2, 0.25) is 0 Å². The number of halogens is 2. The van der Waals surface area contributed by atoms with Crippen molar-refractivity contribution in [1.29, 1.82) is 0 Å². The van der Waals surface area contributed by atoms with Crippen molar-refractivity contribution in [1.82, 2.24) is 0 Å². The van der Waals surface area contributed by atoms with Crippen molar-refractivity contribution >= 4 is 39.0 Å². The van der Waals surface area contributed by atoms with Gasteiger partial charge in [-0.3, -0.25) is 4.79 Å². The number of nitrogen functional groups attached to an aromatic ring is 1. The number of rotatable bonds is 4. The van der Waals surface area contributed by atoms with Crippen LogP contribution in [0.3, 0.4) is 0 Å². The van der Waals surface area contributed by atoms with E-state index in [1.807, 2.05) is 13.0 Å². The van der Waals surface area contributed by atoms with Crippen LogP contribution in [0.2, 0.25) is 5.02 Å². The highest BCUT2D eigenvalue weighted by Gasteiger charge is 2.18. The van der Waals surface area contributed by atoms with Crippen molar-refractivity contribution in [3.63, 3.8) is 0 Å². The van der Waals surface area contributed by atoms with Gasteiger partial charge in [0.25, 0.3) is 0 Å². The highest BCUT2D eigenvalue weighted by molar-refractivity contribution is 9.10. The van der Waals surface area contributed by atoms with E-state index in [0.29, 0.717) is 28.5 Å². The van der Waals surface area contributed by atoms with Gasteiger partial charge < -0.3 is 10.5 Å². The van der Waals surface area contributed by atoms with E-state index in [4.69, 9.17) is 22.1 Å². The number of carbonyl (C=O) groups excluding carboxylic acids is 1. The molecule has 2 aromatic rings. The summed E-state index contributed by atoms with van der Waals surface area (Å²) in [6.07, 6.45) is 0. The van der Waals surface area contributed by atoms with Gasteiger partial charge in [0, 0.05) is 10.0 Å². The van der Waals surface area contributed by atoms with Crippen LogP contribution in [0.25, 0.3) is 0 Å². The van der Waals surface area contributed by atoms with Crippen molar-refractivity contribution in [2.75, 3.05) is 12.3 Å². The molecule has 0 unspecified atom stereocenters. The van der Waals surface area contributed by atoms with E-state index < -0.39 is 0 Å². The highest BCUT2D eigenvalue weighted by atomic mass is 79.9. The Morgan fingerprint density at radius 2 is 2.05 bits per heavy atom. The molecule has 20 heavy (non-hydrogen) atoms. The second-order valence-electron chi connectivity index (χ2n) is 4.10. The number of hydrogen-bond donors (Lipinski definition) is 1. The Hall–Kier alpha value is -1.52. The smallest absolute Gasteiger partial charge is 0.198 e. The standard InChI is InChI=1S/C15H13BrClNO2/c1-2-20-13-7-6-9(16)8-11(13)15(19)10-4-3-5-12(17)14(10)18/h3-8H,2,18H2,1H3.